The van der Waals surface area contributed by atoms with Crippen molar-refractivity contribution in [1.29, 1.82) is 0 Å². The summed E-state index contributed by atoms with van der Waals surface area (Å²) in [6.45, 7) is 4.21. The van der Waals surface area contributed by atoms with Crippen LogP contribution in [0.1, 0.15) is 42.2 Å². The fraction of sp³-hybridized carbons (Fsp3) is 0.429. The van der Waals surface area contributed by atoms with Gasteiger partial charge in [-0.1, -0.05) is 18.2 Å². The largest absolute Gasteiger partial charge is 0.462 e. The summed E-state index contributed by atoms with van der Waals surface area (Å²) in [4.78, 5) is 11.9. The van der Waals surface area contributed by atoms with E-state index in [-0.39, 0.29) is 12.0 Å². The first kappa shape index (κ1) is 12.6. The van der Waals surface area contributed by atoms with Crippen LogP contribution in [-0.4, -0.2) is 30.3 Å². The van der Waals surface area contributed by atoms with Crippen molar-refractivity contribution in [2.75, 3.05) is 13.7 Å². The molecule has 0 fully saturated rings. The van der Waals surface area contributed by atoms with Crippen molar-refractivity contribution >= 4 is 11.7 Å². The number of hydrazone groups is 1. The highest BCUT2D eigenvalue weighted by atomic mass is 16.5. The van der Waals surface area contributed by atoms with Gasteiger partial charge in [-0.05, 0) is 25.5 Å². The molecule has 96 valence electrons. The van der Waals surface area contributed by atoms with Gasteiger partial charge in [-0.15, -0.1) is 0 Å². The number of hydrogen-bond donors (Lipinski definition) is 0. The molecule has 0 amide bonds. The number of hydrogen-bond acceptors (Lipinski definition) is 4. The SMILES string of the molecule is CCOC(=O)c1ccccc1C1CC(C)=NN1C. The standard InChI is InChI=1S/C14H18N2O2/c1-4-18-14(17)12-8-6-5-7-11(12)13-9-10(2)15-16(13)3/h5-8,13H,4,9H2,1-3H3. The van der Waals surface area contributed by atoms with Gasteiger partial charge >= 0.3 is 5.97 Å². The van der Waals surface area contributed by atoms with Crippen LogP contribution < -0.4 is 0 Å². The third-order valence-electron chi connectivity index (χ3n) is 3.08. The van der Waals surface area contributed by atoms with Crippen molar-refractivity contribution in [3.05, 3.63) is 35.4 Å². The van der Waals surface area contributed by atoms with Crippen LogP contribution in [0.4, 0.5) is 0 Å². The minimum absolute atomic E-state index is 0.130. The number of benzene rings is 1. The van der Waals surface area contributed by atoms with E-state index in [1.807, 2.05) is 50.2 Å². The molecule has 0 aromatic heterocycles. The average Bonchev–Trinajstić information content (AvgIpc) is 2.69. The van der Waals surface area contributed by atoms with E-state index in [4.69, 9.17) is 4.74 Å². The Bertz CT molecular complexity index is 482. The van der Waals surface area contributed by atoms with Crippen LogP contribution in [0, 0.1) is 0 Å². The Balaban J connectivity index is 2.31. The Morgan fingerprint density at radius 3 is 2.83 bits per heavy atom. The zero-order valence-electron chi connectivity index (χ0n) is 11.0. The summed E-state index contributed by atoms with van der Waals surface area (Å²) in [5.74, 6) is -0.258. The van der Waals surface area contributed by atoms with Crippen molar-refractivity contribution in [3.8, 4) is 0 Å². The fourth-order valence-electron chi connectivity index (χ4n) is 2.29. The van der Waals surface area contributed by atoms with E-state index in [0.717, 1.165) is 17.7 Å². The first-order valence-electron chi connectivity index (χ1n) is 6.16. The molecule has 0 bridgehead atoms. The maximum absolute atomic E-state index is 11.9. The van der Waals surface area contributed by atoms with Crippen molar-refractivity contribution in [2.24, 2.45) is 5.10 Å². The number of carbonyl (C=O) groups is 1. The van der Waals surface area contributed by atoms with Crippen LogP contribution in [0.25, 0.3) is 0 Å². The highest BCUT2D eigenvalue weighted by molar-refractivity contribution is 5.92. The molecule has 0 saturated heterocycles. The maximum atomic E-state index is 11.9. The summed E-state index contributed by atoms with van der Waals surface area (Å²) < 4.78 is 5.10. The van der Waals surface area contributed by atoms with E-state index in [0.29, 0.717) is 12.2 Å². The molecule has 0 N–H and O–H groups in total. The lowest BCUT2D eigenvalue weighted by Crippen LogP contribution is -2.18. The van der Waals surface area contributed by atoms with Crippen LogP contribution >= 0.6 is 0 Å². The fourth-order valence-corrected chi connectivity index (χ4v) is 2.29. The van der Waals surface area contributed by atoms with Gasteiger partial charge in [-0.25, -0.2) is 4.79 Å². The molecule has 1 aliphatic heterocycles. The van der Waals surface area contributed by atoms with Gasteiger partial charge in [0, 0.05) is 19.2 Å². The Kier molecular flexibility index (Phi) is 3.65. The summed E-state index contributed by atoms with van der Waals surface area (Å²) in [6.07, 6.45) is 0.854. The summed E-state index contributed by atoms with van der Waals surface area (Å²) in [5, 5.41) is 6.30. The normalized spacial score (nSPS) is 18.7. The number of ether oxygens (including phenoxy) is 1. The molecular formula is C14H18N2O2. The highest BCUT2D eigenvalue weighted by Gasteiger charge is 2.27. The molecule has 0 radical (unpaired) electrons. The van der Waals surface area contributed by atoms with Crippen LogP contribution in [0.5, 0.6) is 0 Å². The number of rotatable bonds is 3. The number of esters is 1. The number of nitrogens with zero attached hydrogens (tertiary/aromatic N) is 2. The predicted octanol–water partition coefficient (Wildman–Crippen LogP) is 2.62. The summed E-state index contributed by atoms with van der Waals surface area (Å²) in [5.41, 5.74) is 2.71. The van der Waals surface area contributed by atoms with E-state index in [9.17, 15) is 4.79 Å². The van der Waals surface area contributed by atoms with Crippen LogP contribution in [0.15, 0.2) is 29.4 Å². The lowest BCUT2D eigenvalue weighted by Gasteiger charge is -2.21. The minimum Gasteiger partial charge on any atom is -0.462 e. The predicted molar refractivity (Wildman–Crippen MR) is 70.6 cm³/mol. The van der Waals surface area contributed by atoms with Gasteiger partial charge in [0.1, 0.15) is 0 Å². The quantitative estimate of drug-likeness (QED) is 0.770. The summed E-state index contributed by atoms with van der Waals surface area (Å²) in [7, 11) is 1.93. The molecular weight excluding hydrogens is 228 g/mol. The molecule has 1 aromatic carbocycles. The molecule has 2 rings (SSSR count). The van der Waals surface area contributed by atoms with E-state index >= 15 is 0 Å². The third kappa shape index (κ3) is 2.37. The lowest BCUT2D eigenvalue weighted by atomic mass is 9.97. The molecule has 0 spiro atoms. The monoisotopic (exact) mass is 246 g/mol. The Morgan fingerprint density at radius 2 is 2.22 bits per heavy atom. The van der Waals surface area contributed by atoms with Crippen molar-refractivity contribution in [2.45, 2.75) is 26.3 Å². The van der Waals surface area contributed by atoms with Gasteiger partial charge < -0.3 is 4.74 Å². The molecule has 0 saturated carbocycles. The maximum Gasteiger partial charge on any atom is 0.338 e. The molecule has 1 unspecified atom stereocenters. The Morgan fingerprint density at radius 1 is 1.50 bits per heavy atom. The third-order valence-corrected chi connectivity index (χ3v) is 3.08. The molecule has 4 heteroatoms. The topological polar surface area (TPSA) is 41.9 Å². The smallest absolute Gasteiger partial charge is 0.338 e. The zero-order valence-corrected chi connectivity index (χ0v) is 11.0. The van der Waals surface area contributed by atoms with Gasteiger partial charge in [0.15, 0.2) is 0 Å². The van der Waals surface area contributed by atoms with Crippen LogP contribution in [0.2, 0.25) is 0 Å². The van der Waals surface area contributed by atoms with Crippen molar-refractivity contribution < 1.29 is 9.53 Å². The molecule has 0 aliphatic carbocycles. The molecule has 1 aliphatic rings. The van der Waals surface area contributed by atoms with Gasteiger partial charge in [-0.2, -0.15) is 5.10 Å². The van der Waals surface area contributed by atoms with Crippen LogP contribution in [-0.2, 0) is 4.74 Å². The second-order valence-electron chi connectivity index (χ2n) is 4.44. The molecule has 1 atom stereocenters. The van der Waals surface area contributed by atoms with Crippen LogP contribution in [0.3, 0.4) is 0 Å². The average molecular weight is 246 g/mol. The van der Waals surface area contributed by atoms with Gasteiger partial charge in [0.05, 0.1) is 18.2 Å². The Hall–Kier alpha value is -1.84. The van der Waals surface area contributed by atoms with Gasteiger partial charge in [-0.3, -0.25) is 5.01 Å². The number of carbonyl (C=O) groups excluding carboxylic acids is 1. The Labute approximate surface area is 107 Å². The molecule has 1 aromatic rings. The zero-order chi connectivity index (χ0) is 13.1. The lowest BCUT2D eigenvalue weighted by molar-refractivity contribution is 0.0523. The van der Waals surface area contributed by atoms with E-state index in [1.54, 1.807) is 0 Å². The van der Waals surface area contributed by atoms with Crippen molar-refractivity contribution in [1.82, 2.24) is 5.01 Å². The van der Waals surface area contributed by atoms with E-state index < -0.39 is 0 Å². The molecule has 4 nitrogen and oxygen atoms in total. The summed E-state index contributed by atoms with van der Waals surface area (Å²) in [6, 6.07) is 7.72. The first-order valence-corrected chi connectivity index (χ1v) is 6.16. The van der Waals surface area contributed by atoms with Gasteiger partial charge in [0.2, 0.25) is 0 Å². The molecule has 1 heterocycles. The first-order chi connectivity index (χ1) is 8.63. The highest BCUT2D eigenvalue weighted by Crippen LogP contribution is 2.31. The van der Waals surface area contributed by atoms with Crippen molar-refractivity contribution in [3.63, 3.8) is 0 Å². The van der Waals surface area contributed by atoms with Gasteiger partial charge in [0.25, 0.3) is 0 Å². The summed E-state index contributed by atoms with van der Waals surface area (Å²) >= 11 is 0. The second kappa shape index (κ2) is 5.21. The second-order valence-corrected chi connectivity index (χ2v) is 4.44. The minimum atomic E-state index is -0.258. The van der Waals surface area contributed by atoms with E-state index in [2.05, 4.69) is 5.10 Å². The molecule has 18 heavy (non-hydrogen) atoms. The van der Waals surface area contributed by atoms with E-state index in [1.165, 1.54) is 0 Å².